The summed E-state index contributed by atoms with van der Waals surface area (Å²) in [4.78, 5) is 16.5. The van der Waals surface area contributed by atoms with Gasteiger partial charge < -0.3 is 15.1 Å². The summed E-state index contributed by atoms with van der Waals surface area (Å²) in [5.74, 6) is -0.942. The van der Waals surface area contributed by atoms with Gasteiger partial charge in [0.2, 0.25) is 10.0 Å². The molecule has 1 fully saturated rings. The van der Waals surface area contributed by atoms with Crippen LogP contribution >= 0.6 is 0 Å². The molecule has 2 aliphatic rings. The van der Waals surface area contributed by atoms with Crippen molar-refractivity contribution in [2.75, 3.05) is 36.4 Å². The third kappa shape index (κ3) is 3.47. The van der Waals surface area contributed by atoms with Crippen molar-refractivity contribution in [3.63, 3.8) is 0 Å². The largest absolute Gasteiger partial charge is 0.368 e. The van der Waals surface area contributed by atoms with Gasteiger partial charge in [0.15, 0.2) is 6.17 Å². The Kier molecular flexibility index (Phi) is 4.48. The molecule has 0 bridgehead atoms. The summed E-state index contributed by atoms with van der Waals surface area (Å²) in [5.41, 5.74) is 1.18. The predicted molar refractivity (Wildman–Crippen MR) is 99.4 cm³/mol. The monoisotopic (exact) mass is 390 g/mol. The van der Waals surface area contributed by atoms with E-state index in [1.807, 2.05) is 30.3 Å². The van der Waals surface area contributed by atoms with Crippen LogP contribution in [0.4, 0.5) is 15.8 Å². The highest BCUT2D eigenvalue weighted by Crippen LogP contribution is 2.27. The molecule has 1 atom stereocenters. The van der Waals surface area contributed by atoms with Crippen molar-refractivity contribution in [1.82, 2.24) is 9.62 Å². The number of sulfonamides is 1. The molecule has 1 unspecified atom stereocenters. The van der Waals surface area contributed by atoms with Crippen molar-refractivity contribution in [2.45, 2.75) is 11.1 Å². The molecule has 0 spiro atoms. The Morgan fingerprint density at radius 2 is 1.74 bits per heavy atom. The second-order valence-corrected chi connectivity index (χ2v) is 8.17. The number of halogens is 1. The number of hydrogen-bond acceptors (Lipinski definition) is 5. The van der Waals surface area contributed by atoms with Gasteiger partial charge in [0, 0.05) is 31.9 Å². The summed E-state index contributed by atoms with van der Waals surface area (Å²) < 4.78 is 40.6. The molecule has 0 saturated carbocycles. The Bertz CT molecular complexity index is 960. The molecule has 2 heterocycles. The lowest BCUT2D eigenvalue weighted by molar-refractivity contribution is -0.132. The number of benzene rings is 2. The fourth-order valence-corrected chi connectivity index (χ4v) is 4.62. The Morgan fingerprint density at radius 3 is 2.44 bits per heavy atom. The van der Waals surface area contributed by atoms with E-state index >= 15 is 0 Å². The van der Waals surface area contributed by atoms with E-state index < -0.39 is 22.0 Å². The van der Waals surface area contributed by atoms with Gasteiger partial charge in [-0.25, -0.2) is 12.8 Å². The molecular formula is C18H19FN4O3S. The number of fused-ring (bicyclic) bond motifs is 1. The van der Waals surface area contributed by atoms with Crippen molar-refractivity contribution >= 4 is 27.3 Å². The fourth-order valence-electron chi connectivity index (χ4n) is 3.37. The number of nitrogens with zero attached hydrogens (tertiary/aromatic N) is 2. The first-order chi connectivity index (χ1) is 12.9. The molecule has 0 aliphatic carbocycles. The van der Waals surface area contributed by atoms with E-state index in [9.17, 15) is 17.6 Å². The highest BCUT2D eigenvalue weighted by atomic mass is 32.2. The van der Waals surface area contributed by atoms with E-state index in [1.54, 1.807) is 4.90 Å². The molecular weight excluding hydrogens is 371 g/mol. The molecule has 2 aliphatic heterocycles. The Labute approximate surface area is 156 Å². The van der Waals surface area contributed by atoms with Crippen molar-refractivity contribution < 1.29 is 17.6 Å². The zero-order valence-corrected chi connectivity index (χ0v) is 15.2. The molecule has 2 N–H and O–H groups in total. The summed E-state index contributed by atoms with van der Waals surface area (Å²) in [7, 11) is -3.88. The first kappa shape index (κ1) is 17.7. The van der Waals surface area contributed by atoms with E-state index in [1.165, 1.54) is 6.07 Å². The number of carbonyl (C=O) groups is 1. The standard InChI is InChI=1S/C18H19FN4O3S/c19-13-6-7-16-15(12-13)20-17(21-27(16,25)26)18(24)23-10-8-22(9-11-23)14-4-2-1-3-5-14/h1-7,12,17,20-21H,8-11H2. The number of piperazine rings is 1. The van der Waals surface area contributed by atoms with Gasteiger partial charge in [-0.05, 0) is 30.3 Å². The second-order valence-electron chi connectivity index (χ2n) is 6.49. The zero-order chi connectivity index (χ0) is 19.0. The Hall–Kier alpha value is -2.65. The highest BCUT2D eigenvalue weighted by Gasteiger charge is 2.36. The first-order valence-electron chi connectivity index (χ1n) is 8.61. The minimum atomic E-state index is -3.88. The summed E-state index contributed by atoms with van der Waals surface area (Å²) in [5, 5.41) is 2.80. The number of nitrogens with one attached hydrogen (secondary N) is 2. The van der Waals surface area contributed by atoms with Crippen LogP contribution in [0.3, 0.4) is 0 Å². The van der Waals surface area contributed by atoms with Crippen molar-refractivity contribution in [1.29, 1.82) is 0 Å². The Balaban J connectivity index is 1.46. The van der Waals surface area contributed by atoms with E-state index in [2.05, 4.69) is 14.9 Å². The van der Waals surface area contributed by atoms with Crippen LogP contribution in [0.2, 0.25) is 0 Å². The normalized spacial score (nSPS) is 21.3. The lowest BCUT2D eigenvalue weighted by Crippen LogP contribution is -2.58. The molecule has 1 amide bonds. The number of rotatable bonds is 2. The van der Waals surface area contributed by atoms with Crippen LogP contribution in [-0.2, 0) is 14.8 Å². The molecule has 1 saturated heterocycles. The van der Waals surface area contributed by atoms with E-state index in [4.69, 9.17) is 0 Å². The van der Waals surface area contributed by atoms with Gasteiger partial charge >= 0.3 is 0 Å². The maximum absolute atomic E-state index is 13.5. The third-order valence-corrected chi connectivity index (χ3v) is 6.24. The molecule has 2 aromatic carbocycles. The van der Waals surface area contributed by atoms with E-state index in [-0.39, 0.29) is 16.5 Å². The molecule has 4 rings (SSSR count). The minimum absolute atomic E-state index is 0.0677. The Morgan fingerprint density at radius 1 is 1.04 bits per heavy atom. The van der Waals surface area contributed by atoms with Gasteiger partial charge in [-0.1, -0.05) is 18.2 Å². The summed E-state index contributed by atoms with van der Waals surface area (Å²) in [6.45, 7) is 2.26. The lowest BCUT2D eigenvalue weighted by atomic mass is 10.2. The fraction of sp³-hybridized carbons (Fsp3) is 0.278. The summed E-state index contributed by atoms with van der Waals surface area (Å²) in [6.07, 6.45) is -1.15. The van der Waals surface area contributed by atoms with Crippen LogP contribution in [0.5, 0.6) is 0 Å². The van der Waals surface area contributed by atoms with Gasteiger partial charge in [0.05, 0.1) is 5.69 Å². The maximum Gasteiger partial charge on any atom is 0.261 e. The SMILES string of the molecule is O=C(C1Nc2cc(F)ccc2S(=O)(=O)N1)N1CCN(c2ccccc2)CC1. The van der Waals surface area contributed by atoms with Gasteiger partial charge in [-0.15, -0.1) is 0 Å². The molecule has 0 radical (unpaired) electrons. The quantitative estimate of drug-likeness (QED) is 0.806. The zero-order valence-electron chi connectivity index (χ0n) is 14.4. The predicted octanol–water partition coefficient (Wildman–Crippen LogP) is 1.20. The minimum Gasteiger partial charge on any atom is -0.368 e. The van der Waals surface area contributed by atoms with Crippen LogP contribution in [0.25, 0.3) is 0 Å². The summed E-state index contributed by atoms with van der Waals surface area (Å²) in [6, 6.07) is 13.2. The topological polar surface area (TPSA) is 81.7 Å². The molecule has 27 heavy (non-hydrogen) atoms. The van der Waals surface area contributed by atoms with Crippen LogP contribution in [0.1, 0.15) is 0 Å². The van der Waals surface area contributed by atoms with Gasteiger partial charge in [-0.3, -0.25) is 4.79 Å². The number of para-hydroxylation sites is 1. The van der Waals surface area contributed by atoms with Crippen molar-refractivity contribution in [3.8, 4) is 0 Å². The molecule has 2 aromatic rings. The van der Waals surface area contributed by atoms with Crippen molar-refractivity contribution in [3.05, 3.63) is 54.3 Å². The van der Waals surface area contributed by atoms with E-state index in [0.29, 0.717) is 26.2 Å². The van der Waals surface area contributed by atoms with Crippen LogP contribution < -0.4 is 14.9 Å². The molecule has 7 nitrogen and oxygen atoms in total. The van der Waals surface area contributed by atoms with Crippen molar-refractivity contribution in [2.24, 2.45) is 0 Å². The average molecular weight is 390 g/mol. The summed E-state index contributed by atoms with van der Waals surface area (Å²) >= 11 is 0. The smallest absolute Gasteiger partial charge is 0.261 e. The lowest BCUT2D eigenvalue weighted by Gasteiger charge is -2.38. The van der Waals surface area contributed by atoms with Gasteiger partial charge in [0.25, 0.3) is 5.91 Å². The highest BCUT2D eigenvalue weighted by molar-refractivity contribution is 7.89. The number of anilines is 2. The van der Waals surface area contributed by atoms with Gasteiger partial charge in [0.1, 0.15) is 10.7 Å². The van der Waals surface area contributed by atoms with Crippen LogP contribution in [0, 0.1) is 5.82 Å². The molecule has 0 aromatic heterocycles. The maximum atomic E-state index is 13.5. The second kappa shape index (κ2) is 6.82. The molecule has 142 valence electrons. The van der Waals surface area contributed by atoms with E-state index in [0.717, 1.165) is 17.8 Å². The number of carbonyl (C=O) groups excluding carboxylic acids is 1. The third-order valence-electron chi connectivity index (χ3n) is 4.76. The van der Waals surface area contributed by atoms with Crippen LogP contribution in [-0.4, -0.2) is 51.6 Å². The average Bonchev–Trinajstić information content (AvgIpc) is 2.67. The number of hydrogen-bond donors (Lipinski definition) is 2. The first-order valence-corrected chi connectivity index (χ1v) is 10.1. The number of amides is 1. The molecule has 9 heteroatoms. The van der Waals surface area contributed by atoms with Crippen LogP contribution in [0.15, 0.2) is 53.4 Å². The van der Waals surface area contributed by atoms with Gasteiger partial charge in [-0.2, -0.15) is 4.72 Å².